The minimum absolute atomic E-state index is 0.0351. The number of aryl methyl sites for hydroxylation is 1. The average Bonchev–Trinajstić information content (AvgIpc) is 3.02. The van der Waals surface area contributed by atoms with E-state index in [1.54, 1.807) is 13.0 Å². The molecule has 1 saturated heterocycles. The van der Waals surface area contributed by atoms with Crippen LogP contribution in [0.3, 0.4) is 0 Å². The first-order valence-corrected chi connectivity index (χ1v) is 7.22. The van der Waals surface area contributed by atoms with Crippen LogP contribution in [-0.2, 0) is 4.74 Å². The van der Waals surface area contributed by atoms with Crippen LogP contribution in [0.4, 0.5) is 0 Å². The van der Waals surface area contributed by atoms with E-state index >= 15 is 0 Å². The van der Waals surface area contributed by atoms with Gasteiger partial charge in [-0.05, 0) is 38.9 Å². The molecular weight excluding hydrogens is 254 g/mol. The van der Waals surface area contributed by atoms with Crippen LogP contribution in [0.2, 0.25) is 0 Å². The van der Waals surface area contributed by atoms with Crippen molar-refractivity contribution in [2.45, 2.75) is 44.8 Å². The summed E-state index contributed by atoms with van der Waals surface area (Å²) in [4.78, 5) is 17.4. The molecule has 2 fully saturated rings. The van der Waals surface area contributed by atoms with Crippen molar-refractivity contribution in [3.05, 3.63) is 23.0 Å². The number of likely N-dealkylation sites (tertiary alicyclic amines) is 1. The highest BCUT2D eigenvalue weighted by Gasteiger charge is 2.37. The molecular formula is C15H19N3O2. The summed E-state index contributed by atoms with van der Waals surface area (Å²) in [7, 11) is 0. The van der Waals surface area contributed by atoms with Gasteiger partial charge in [-0.2, -0.15) is 5.26 Å². The lowest BCUT2D eigenvalue weighted by atomic mass is 9.88. The number of nitrogens with zero attached hydrogens (tertiary/aromatic N) is 2. The molecule has 20 heavy (non-hydrogen) atoms. The zero-order valence-corrected chi connectivity index (χ0v) is 11.7. The highest BCUT2D eigenvalue weighted by molar-refractivity contribution is 5.91. The molecule has 0 bridgehead atoms. The Kier molecular flexibility index (Phi) is 3.49. The molecule has 0 unspecified atom stereocenters. The molecule has 1 N–H and O–H groups in total. The fourth-order valence-corrected chi connectivity index (χ4v) is 3.08. The summed E-state index contributed by atoms with van der Waals surface area (Å²) in [6.45, 7) is 4.16. The number of esters is 1. The van der Waals surface area contributed by atoms with Gasteiger partial charge in [0.15, 0.2) is 0 Å². The first kappa shape index (κ1) is 13.2. The molecule has 1 saturated carbocycles. The second kappa shape index (κ2) is 5.29. The van der Waals surface area contributed by atoms with E-state index in [0.29, 0.717) is 23.0 Å². The first-order valence-electron chi connectivity index (χ1n) is 7.22. The monoisotopic (exact) mass is 273 g/mol. The number of H-pyrrole nitrogens is 1. The van der Waals surface area contributed by atoms with Crippen molar-refractivity contribution in [1.82, 2.24) is 9.88 Å². The van der Waals surface area contributed by atoms with Crippen LogP contribution in [0.5, 0.6) is 0 Å². The Balaban J connectivity index is 1.53. The SMILES string of the molecule is Cc1[nH]c(C#N)cc1C(=O)OC1CC(N2CCCC2)C1. The number of aromatic nitrogens is 1. The topological polar surface area (TPSA) is 69.1 Å². The van der Waals surface area contributed by atoms with Crippen molar-refractivity contribution in [2.75, 3.05) is 13.1 Å². The van der Waals surface area contributed by atoms with Gasteiger partial charge in [0.25, 0.3) is 0 Å². The normalized spacial score (nSPS) is 26.0. The number of rotatable bonds is 3. The van der Waals surface area contributed by atoms with E-state index in [1.807, 2.05) is 6.07 Å². The van der Waals surface area contributed by atoms with E-state index in [2.05, 4.69) is 9.88 Å². The summed E-state index contributed by atoms with van der Waals surface area (Å²) >= 11 is 0. The van der Waals surface area contributed by atoms with Crippen molar-refractivity contribution < 1.29 is 9.53 Å². The molecule has 1 aromatic heterocycles. The number of carbonyl (C=O) groups is 1. The molecule has 0 amide bonds. The van der Waals surface area contributed by atoms with Gasteiger partial charge in [0, 0.05) is 24.6 Å². The van der Waals surface area contributed by atoms with Gasteiger partial charge in [-0.15, -0.1) is 0 Å². The third-order valence-electron chi connectivity index (χ3n) is 4.36. The third kappa shape index (κ3) is 2.44. The molecule has 2 heterocycles. The molecule has 2 aliphatic rings. The maximum atomic E-state index is 12.1. The lowest BCUT2D eigenvalue weighted by molar-refractivity contribution is -0.0240. The molecule has 1 aromatic rings. The van der Waals surface area contributed by atoms with Gasteiger partial charge in [0.2, 0.25) is 0 Å². The Morgan fingerprint density at radius 3 is 2.75 bits per heavy atom. The highest BCUT2D eigenvalue weighted by Crippen LogP contribution is 2.31. The Morgan fingerprint density at radius 1 is 1.45 bits per heavy atom. The summed E-state index contributed by atoms with van der Waals surface area (Å²) in [6.07, 6.45) is 4.51. The van der Waals surface area contributed by atoms with E-state index in [0.717, 1.165) is 12.8 Å². The predicted octanol–water partition coefficient (Wildman–Crippen LogP) is 1.98. The molecule has 106 valence electrons. The maximum absolute atomic E-state index is 12.1. The zero-order valence-electron chi connectivity index (χ0n) is 11.7. The quantitative estimate of drug-likeness (QED) is 0.855. The summed E-state index contributed by atoms with van der Waals surface area (Å²) in [5.74, 6) is -0.315. The minimum atomic E-state index is -0.315. The fourth-order valence-electron chi connectivity index (χ4n) is 3.08. The van der Waals surface area contributed by atoms with Gasteiger partial charge in [0.05, 0.1) is 5.56 Å². The van der Waals surface area contributed by atoms with Crippen LogP contribution >= 0.6 is 0 Å². The molecule has 3 rings (SSSR count). The largest absolute Gasteiger partial charge is 0.459 e. The lowest BCUT2D eigenvalue weighted by Crippen LogP contribution is -2.47. The Bertz CT molecular complexity index is 546. The van der Waals surface area contributed by atoms with Gasteiger partial charge < -0.3 is 14.6 Å². The smallest absolute Gasteiger partial charge is 0.340 e. The maximum Gasteiger partial charge on any atom is 0.340 e. The summed E-state index contributed by atoms with van der Waals surface area (Å²) in [5.41, 5.74) is 1.58. The number of hydrogen-bond donors (Lipinski definition) is 1. The molecule has 1 aliphatic heterocycles. The lowest BCUT2D eigenvalue weighted by Gasteiger charge is -2.40. The van der Waals surface area contributed by atoms with Crippen LogP contribution in [0.25, 0.3) is 0 Å². The summed E-state index contributed by atoms with van der Waals surface area (Å²) in [5, 5.41) is 8.81. The van der Waals surface area contributed by atoms with Crippen LogP contribution in [0.15, 0.2) is 6.07 Å². The molecule has 0 radical (unpaired) electrons. The minimum Gasteiger partial charge on any atom is -0.459 e. The molecule has 0 spiro atoms. The predicted molar refractivity (Wildman–Crippen MR) is 73.3 cm³/mol. The Hall–Kier alpha value is -1.80. The number of nitriles is 1. The molecule has 0 aromatic carbocycles. The second-order valence-electron chi connectivity index (χ2n) is 5.73. The highest BCUT2D eigenvalue weighted by atomic mass is 16.5. The molecule has 5 heteroatoms. The van der Waals surface area contributed by atoms with E-state index in [9.17, 15) is 4.79 Å². The van der Waals surface area contributed by atoms with E-state index < -0.39 is 0 Å². The fraction of sp³-hybridized carbons (Fsp3) is 0.600. The average molecular weight is 273 g/mol. The summed E-state index contributed by atoms with van der Waals surface area (Å²) in [6, 6.07) is 4.16. The molecule has 1 aliphatic carbocycles. The third-order valence-corrected chi connectivity index (χ3v) is 4.36. The second-order valence-corrected chi connectivity index (χ2v) is 5.73. The van der Waals surface area contributed by atoms with Gasteiger partial charge in [-0.25, -0.2) is 4.79 Å². The van der Waals surface area contributed by atoms with Crippen molar-refractivity contribution in [2.24, 2.45) is 0 Å². The Labute approximate surface area is 118 Å². The molecule has 5 nitrogen and oxygen atoms in total. The van der Waals surface area contributed by atoms with Crippen LogP contribution in [0, 0.1) is 18.3 Å². The van der Waals surface area contributed by atoms with Crippen LogP contribution < -0.4 is 0 Å². The van der Waals surface area contributed by atoms with E-state index in [1.165, 1.54) is 25.9 Å². The van der Waals surface area contributed by atoms with E-state index in [-0.39, 0.29) is 12.1 Å². The number of carbonyl (C=O) groups excluding carboxylic acids is 1. The van der Waals surface area contributed by atoms with Crippen LogP contribution in [0.1, 0.15) is 47.4 Å². The molecule has 0 atom stereocenters. The first-order chi connectivity index (χ1) is 9.67. The van der Waals surface area contributed by atoms with E-state index in [4.69, 9.17) is 10.00 Å². The van der Waals surface area contributed by atoms with Crippen molar-refractivity contribution >= 4 is 5.97 Å². The van der Waals surface area contributed by atoms with Gasteiger partial charge in [-0.3, -0.25) is 0 Å². The zero-order chi connectivity index (χ0) is 14.1. The van der Waals surface area contributed by atoms with Gasteiger partial charge in [-0.1, -0.05) is 0 Å². The Morgan fingerprint density at radius 2 is 2.15 bits per heavy atom. The van der Waals surface area contributed by atoms with Crippen molar-refractivity contribution in [1.29, 1.82) is 5.26 Å². The number of hydrogen-bond acceptors (Lipinski definition) is 4. The van der Waals surface area contributed by atoms with Gasteiger partial charge in [0.1, 0.15) is 17.9 Å². The standard InChI is InChI=1S/C15H19N3O2/c1-10-14(6-11(9-16)17-10)15(19)20-13-7-12(8-13)18-4-2-3-5-18/h6,12-13,17H,2-5,7-8H2,1H3. The summed E-state index contributed by atoms with van der Waals surface area (Å²) < 4.78 is 5.51. The number of ether oxygens (including phenoxy) is 1. The van der Waals surface area contributed by atoms with Crippen molar-refractivity contribution in [3.8, 4) is 6.07 Å². The van der Waals surface area contributed by atoms with Crippen molar-refractivity contribution in [3.63, 3.8) is 0 Å². The van der Waals surface area contributed by atoms with Crippen LogP contribution in [-0.4, -0.2) is 41.1 Å². The number of nitrogens with one attached hydrogen (secondary N) is 1. The number of aromatic amines is 1. The van der Waals surface area contributed by atoms with Gasteiger partial charge >= 0.3 is 5.97 Å².